The summed E-state index contributed by atoms with van der Waals surface area (Å²) < 4.78 is 41.1. The van der Waals surface area contributed by atoms with Crippen molar-refractivity contribution in [1.82, 2.24) is 5.32 Å². The van der Waals surface area contributed by atoms with E-state index in [1.165, 1.54) is 18.2 Å². The number of carboxylic acid groups (broad SMARTS) is 2. The topological polar surface area (TPSA) is 113 Å². The third kappa shape index (κ3) is 8.77. The number of carbonyl (C=O) groups excluding carboxylic acids is 1. The van der Waals surface area contributed by atoms with E-state index in [4.69, 9.17) is 10.2 Å². The van der Waals surface area contributed by atoms with Gasteiger partial charge in [0.05, 0.1) is 12.8 Å². The molecular formula is C21H20F3NO6. The first kappa shape index (κ1) is 23.7. The lowest BCUT2D eigenvalue weighted by atomic mass is 9.99. The number of hydrogen-bond donors (Lipinski definition) is 3. The Morgan fingerprint density at radius 2 is 1.61 bits per heavy atom. The predicted molar refractivity (Wildman–Crippen MR) is 103 cm³/mol. The molecule has 166 valence electrons. The van der Waals surface area contributed by atoms with Crippen LogP contribution in [0.5, 0.6) is 5.75 Å². The molecule has 0 heterocycles. The summed E-state index contributed by atoms with van der Waals surface area (Å²) in [6.07, 6.45) is -5.59. The standard InChI is InChI=1S/C21H20F3NO6/c22-21(23,24)31-17-3-1-2-15(11-17)14-6-4-13(5-7-14)10-16(12-20(29)30)25-18(26)8-9-19(27)28/h1-7,11,16H,8-10,12H2,(H,25,26)(H,27,28)(H,29,30)/t16-/m1/s1. The number of nitrogens with one attached hydrogen (secondary N) is 1. The summed E-state index contributed by atoms with van der Waals surface area (Å²) in [5.41, 5.74) is 1.81. The summed E-state index contributed by atoms with van der Waals surface area (Å²) >= 11 is 0. The Balaban J connectivity index is 2.08. The van der Waals surface area contributed by atoms with Crippen molar-refractivity contribution >= 4 is 17.8 Å². The van der Waals surface area contributed by atoms with Crippen molar-refractivity contribution in [2.24, 2.45) is 0 Å². The monoisotopic (exact) mass is 439 g/mol. The fourth-order valence-corrected chi connectivity index (χ4v) is 2.90. The number of ether oxygens (including phenoxy) is 1. The Morgan fingerprint density at radius 1 is 0.935 bits per heavy atom. The molecule has 2 aromatic rings. The van der Waals surface area contributed by atoms with Crippen LogP contribution in [0.4, 0.5) is 13.2 Å². The van der Waals surface area contributed by atoms with Crippen LogP contribution in [-0.2, 0) is 20.8 Å². The van der Waals surface area contributed by atoms with Crippen molar-refractivity contribution in [3.8, 4) is 16.9 Å². The Bertz CT molecular complexity index is 927. The average molecular weight is 439 g/mol. The second kappa shape index (κ2) is 10.5. The van der Waals surface area contributed by atoms with Crippen molar-refractivity contribution < 1.29 is 42.5 Å². The van der Waals surface area contributed by atoms with Gasteiger partial charge in [0.15, 0.2) is 0 Å². The minimum absolute atomic E-state index is 0.183. The number of benzene rings is 2. The van der Waals surface area contributed by atoms with E-state index in [2.05, 4.69) is 10.1 Å². The molecule has 0 spiro atoms. The fraction of sp³-hybridized carbons (Fsp3) is 0.286. The van der Waals surface area contributed by atoms with Crippen LogP contribution in [0.25, 0.3) is 11.1 Å². The molecule has 2 rings (SSSR count). The van der Waals surface area contributed by atoms with Gasteiger partial charge in [0.2, 0.25) is 5.91 Å². The predicted octanol–water partition coefficient (Wildman–Crippen LogP) is 3.62. The fourth-order valence-electron chi connectivity index (χ4n) is 2.90. The molecule has 1 amide bonds. The van der Waals surface area contributed by atoms with Gasteiger partial charge in [-0.05, 0) is 35.2 Å². The number of hydrogen-bond acceptors (Lipinski definition) is 4. The normalized spacial score (nSPS) is 12.1. The number of amides is 1. The summed E-state index contributed by atoms with van der Waals surface area (Å²) in [6, 6.07) is 11.4. The largest absolute Gasteiger partial charge is 0.573 e. The van der Waals surface area contributed by atoms with E-state index in [9.17, 15) is 27.6 Å². The maximum absolute atomic E-state index is 12.4. The first-order chi connectivity index (χ1) is 14.5. The second-order valence-electron chi connectivity index (χ2n) is 6.73. The molecule has 2 aromatic carbocycles. The van der Waals surface area contributed by atoms with E-state index in [-0.39, 0.29) is 31.4 Å². The van der Waals surface area contributed by atoms with Gasteiger partial charge in [-0.2, -0.15) is 0 Å². The molecule has 0 fully saturated rings. The summed E-state index contributed by atoms with van der Waals surface area (Å²) in [6.45, 7) is 0. The zero-order chi connectivity index (χ0) is 23.0. The molecule has 0 radical (unpaired) electrons. The number of halogens is 3. The number of rotatable bonds is 10. The minimum atomic E-state index is -4.80. The smallest absolute Gasteiger partial charge is 0.481 e. The Kier molecular flexibility index (Phi) is 8.00. The van der Waals surface area contributed by atoms with Crippen molar-refractivity contribution in [3.63, 3.8) is 0 Å². The molecule has 0 aliphatic rings. The van der Waals surface area contributed by atoms with Gasteiger partial charge in [-0.1, -0.05) is 36.4 Å². The average Bonchev–Trinajstić information content (AvgIpc) is 2.65. The highest BCUT2D eigenvalue weighted by atomic mass is 19.4. The van der Waals surface area contributed by atoms with Gasteiger partial charge in [-0.3, -0.25) is 14.4 Å². The van der Waals surface area contributed by atoms with Crippen LogP contribution >= 0.6 is 0 Å². The number of alkyl halides is 3. The van der Waals surface area contributed by atoms with Crippen LogP contribution in [0.1, 0.15) is 24.8 Å². The molecule has 0 unspecified atom stereocenters. The van der Waals surface area contributed by atoms with Gasteiger partial charge < -0.3 is 20.3 Å². The molecule has 31 heavy (non-hydrogen) atoms. The van der Waals surface area contributed by atoms with Crippen LogP contribution < -0.4 is 10.1 Å². The van der Waals surface area contributed by atoms with Gasteiger partial charge in [0, 0.05) is 12.5 Å². The van der Waals surface area contributed by atoms with Gasteiger partial charge in [0.25, 0.3) is 0 Å². The number of carboxylic acids is 2. The first-order valence-electron chi connectivity index (χ1n) is 9.20. The highest BCUT2D eigenvalue weighted by molar-refractivity contribution is 5.81. The molecular weight excluding hydrogens is 419 g/mol. The maximum atomic E-state index is 12.4. The number of carbonyl (C=O) groups is 3. The van der Waals surface area contributed by atoms with Gasteiger partial charge in [0.1, 0.15) is 5.75 Å². The zero-order valence-electron chi connectivity index (χ0n) is 16.2. The van der Waals surface area contributed by atoms with E-state index < -0.39 is 30.2 Å². The molecule has 0 saturated carbocycles. The summed E-state index contributed by atoms with van der Waals surface area (Å²) in [5, 5.41) is 20.2. The lowest BCUT2D eigenvalue weighted by Crippen LogP contribution is -2.38. The van der Waals surface area contributed by atoms with Crippen LogP contribution in [0.2, 0.25) is 0 Å². The Labute approximate surface area is 175 Å². The molecule has 0 aliphatic carbocycles. The minimum Gasteiger partial charge on any atom is -0.481 e. The van der Waals surface area contributed by atoms with Crippen molar-refractivity contribution in [2.75, 3.05) is 0 Å². The summed E-state index contributed by atoms with van der Waals surface area (Å²) in [4.78, 5) is 33.5. The van der Waals surface area contributed by atoms with Crippen LogP contribution in [0, 0.1) is 0 Å². The maximum Gasteiger partial charge on any atom is 0.573 e. The molecule has 1 atom stereocenters. The first-order valence-corrected chi connectivity index (χ1v) is 9.20. The van der Waals surface area contributed by atoms with Gasteiger partial charge in [-0.25, -0.2) is 0 Å². The lowest BCUT2D eigenvalue weighted by Gasteiger charge is -2.17. The molecule has 0 bridgehead atoms. The quantitative estimate of drug-likeness (QED) is 0.521. The zero-order valence-corrected chi connectivity index (χ0v) is 16.2. The van der Waals surface area contributed by atoms with Crippen LogP contribution in [0.3, 0.4) is 0 Å². The third-order valence-corrected chi connectivity index (χ3v) is 4.19. The molecule has 0 saturated heterocycles. The lowest BCUT2D eigenvalue weighted by molar-refractivity contribution is -0.274. The van der Waals surface area contributed by atoms with E-state index in [0.29, 0.717) is 16.7 Å². The highest BCUT2D eigenvalue weighted by Crippen LogP contribution is 2.28. The van der Waals surface area contributed by atoms with E-state index in [1.54, 1.807) is 30.3 Å². The van der Waals surface area contributed by atoms with Gasteiger partial charge >= 0.3 is 18.3 Å². The van der Waals surface area contributed by atoms with E-state index in [0.717, 1.165) is 0 Å². The van der Waals surface area contributed by atoms with E-state index in [1.807, 2.05) is 0 Å². The van der Waals surface area contributed by atoms with Crippen molar-refractivity contribution in [2.45, 2.75) is 38.1 Å². The van der Waals surface area contributed by atoms with Crippen molar-refractivity contribution in [3.05, 3.63) is 54.1 Å². The molecule has 10 heteroatoms. The molecule has 7 nitrogen and oxygen atoms in total. The highest BCUT2D eigenvalue weighted by Gasteiger charge is 2.31. The Morgan fingerprint density at radius 3 is 2.19 bits per heavy atom. The Hall–Kier alpha value is -3.56. The molecule has 3 N–H and O–H groups in total. The SMILES string of the molecule is O=C(O)CCC(=O)N[C@@H](CC(=O)O)Cc1ccc(-c2cccc(OC(F)(F)F)c2)cc1. The van der Waals surface area contributed by atoms with Crippen LogP contribution in [-0.4, -0.2) is 40.5 Å². The van der Waals surface area contributed by atoms with Crippen molar-refractivity contribution in [1.29, 1.82) is 0 Å². The summed E-state index contributed by atoms with van der Waals surface area (Å²) in [7, 11) is 0. The summed E-state index contributed by atoms with van der Waals surface area (Å²) in [5.74, 6) is -3.17. The number of aliphatic carboxylic acids is 2. The van der Waals surface area contributed by atoms with E-state index >= 15 is 0 Å². The second-order valence-corrected chi connectivity index (χ2v) is 6.73. The van der Waals surface area contributed by atoms with Crippen LogP contribution in [0.15, 0.2) is 48.5 Å². The molecule has 0 aliphatic heterocycles. The van der Waals surface area contributed by atoms with Gasteiger partial charge in [-0.15, -0.1) is 13.2 Å². The third-order valence-electron chi connectivity index (χ3n) is 4.19. The molecule has 0 aromatic heterocycles.